The monoisotopic (exact) mass is 395 g/mol. The minimum absolute atomic E-state index is 0.00557. The normalized spacial score (nSPS) is 15.3. The van der Waals surface area contributed by atoms with Gasteiger partial charge in [0.15, 0.2) is 0 Å². The van der Waals surface area contributed by atoms with Gasteiger partial charge in [0.2, 0.25) is 5.91 Å². The zero-order chi connectivity index (χ0) is 19.7. The lowest BCUT2D eigenvalue weighted by Gasteiger charge is -2.32. The largest absolute Gasteiger partial charge is 0.341 e. The summed E-state index contributed by atoms with van der Waals surface area (Å²) in [5, 5.41) is 0.652. The molecule has 3 aromatic rings. The molecule has 0 N–H and O–H groups in total. The lowest BCUT2D eigenvalue weighted by atomic mass is 9.90. The van der Waals surface area contributed by atoms with Crippen LogP contribution in [0.5, 0.6) is 0 Å². The van der Waals surface area contributed by atoms with Gasteiger partial charge in [-0.15, -0.1) is 11.3 Å². The molecule has 0 saturated carbocycles. The van der Waals surface area contributed by atoms with Crippen LogP contribution in [0, 0.1) is 19.8 Å². The fraction of sp³-hybridized carbons (Fsp3) is 0.409. The number of aromatic nitrogens is 2. The molecule has 28 heavy (non-hydrogen) atoms. The first-order valence-electron chi connectivity index (χ1n) is 9.79. The van der Waals surface area contributed by atoms with Gasteiger partial charge < -0.3 is 4.90 Å². The number of carbonyl (C=O) groups excluding carboxylic acids is 1. The molecule has 1 amide bonds. The van der Waals surface area contributed by atoms with Crippen molar-refractivity contribution >= 4 is 27.5 Å². The summed E-state index contributed by atoms with van der Waals surface area (Å²) in [7, 11) is 0. The topological polar surface area (TPSA) is 55.2 Å². The Labute approximate surface area is 168 Å². The number of hydrogen-bond acceptors (Lipinski definition) is 4. The maximum absolute atomic E-state index is 12.8. The molecule has 4 rings (SSSR count). The van der Waals surface area contributed by atoms with Crippen LogP contribution in [0.4, 0.5) is 0 Å². The van der Waals surface area contributed by atoms with Crippen molar-refractivity contribution in [1.82, 2.24) is 14.5 Å². The van der Waals surface area contributed by atoms with Crippen LogP contribution in [0.15, 0.2) is 41.5 Å². The van der Waals surface area contributed by atoms with Crippen LogP contribution in [-0.2, 0) is 17.8 Å². The van der Waals surface area contributed by atoms with E-state index in [1.807, 2.05) is 24.8 Å². The van der Waals surface area contributed by atoms with Crippen LogP contribution in [0.25, 0.3) is 10.2 Å². The number of thiophene rings is 1. The summed E-state index contributed by atoms with van der Waals surface area (Å²) in [6.45, 7) is 5.53. The van der Waals surface area contributed by atoms with E-state index in [4.69, 9.17) is 0 Å². The molecule has 0 bridgehead atoms. The molecule has 0 radical (unpaired) electrons. The Bertz CT molecular complexity index is 1050. The van der Waals surface area contributed by atoms with E-state index >= 15 is 0 Å². The Morgan fingerprint density at radius 3 is 2.61 bits per heavy atom. The lowest BCUT2D eigenvalue weighted by molar-refractivity contribution is -0.133. The zero-order valence-corrected chi connectivity index (χ0v) is 17.2. The molecule has 1 aliphatic rings. The smallest absolute Gasteiger partial charge is 0.262 e. The molecule has 1 aliphatic heterocycles. The Morgan fingerprint density at radius 1 is 1.18 bits per heavy atom. The molecule has 0 unspecified atom stereocenters. The van der Waals surface area contributed by atoms with Gasteiger partial charge >= 0.3 is 0 Å². The Morgan fingerprint density at radius 2 is 1.89 bits per heavy atom. The van der Waals surface area contributed by atoms with Crippen molar-refractivity contribution in [2.45, 2.75) is 39.7 Å². The minimum atomic E-state index is -0.112. The number of likely N-dealkylation sites (tertiary alicyclic amines) is 1. The van der Waals surface area contributed by atoms with Crippen molar-refractivity contribution in [3.8, 4) is 0 Å². The summed E-state index contributed by atoms with van der Waals surface area (Å²) in [4.78, 5) is 33.7. The average Bonchev–Trinajstić information content (AvgIpc) is 3.00. The van der Waals surface area contributed by atoms with Crippen molar-refractivity contribution in [2.75, 3.05) is 13.1 Å². The quantitative estimate of drug-likeness (QED) is 0.679. The molecule has 6 heteroatoms. The van der Waals surface area contributed by atoms with Crippen molar-refractivity contribution in [3.63, 3.8) is 0 Å². The van der Waals surface area contributed by atoms with Crippen molar-refractivity contribution in [3.05, 3.63) is 63.0 Å². The lowest BCUT2D eigenvalue weighted by Crippen LogP contribution is -2.41. The summed E-state index contributed by atoms with van der Waals surface area (Å²) in [6, 6.07) is 10.5. The third-order valence-corrected chi connectivity index (χ3v) is 6.91. The van der Waals surface area contributed by atoms with Gasteiger partial charge in [-0.05, 0) is 50.2 Å². The Balaban J connectivity index is 1.40. The first-order chi connectivity index (χ1) is 13.5. The summed E-state index contributed by atoms with van der Waals surface area (Å²) in [5.74, 6) is 0.620. The van der Waals surface area contributed by atoms with E-state index in [0.29, 0.717) is 11.3 Å². The van der Waals surface area contributed by atoms with Crippen molar-refractivity contribution < 1.29 is 4.79 Å². The summed E-state index contributed by atoms with van der Waals surface area (Å²) < 4.78 is 1.46. The maximum atomic E-state index is 12.8. The standard InChI is InChI=1S/C22H25N3O2S/c1-15-16(2)28-21-20(15)22(27)25(14-23-21)13-19(26)24-10-8-18(9-11-24)12-17-6-4-3-5-7-17/h3-7,14,18H,8-13H2,1-2H3. The highest BCUT2D eigenvalue weighted by Gasteiger charge is 2.23. The minimum Gasteiger partial charge on any atom is -0.341 e. The van der Waals surface area contributed by atoms with Crippen molar-refractivity contribution in [2.24, 2.45) is 5.92 Å². The van der Waals surface area contributed by atoms with Crippen LogP contribution in [-0.4, -0.2) is 33.4 Å². The molecule has 1 aromatic carbocycles. The summed E-state index contributed by atoms with van der Waals surface area (Å²) in [5.41, 5.74) is 2.22. The second-order valence-electron chi connectivity index (χ2n) is 7.65. The van der Waals surface area contributed by atoms with Gasteiger partial charge in [0.1, 0.15) is 11.4 Å². The van der Waals surface area contributed by atoms with E-state index < -0.39 is 0 Å². The molecule has 1 fully saturated rings. The highest BCUT2D eigenvalue weighted by atomic mass is 32.1. The molecule has 3 heterocycles. The van der Waals surface area contributed by atoms with Gasteiger partial charge in [0.05, 0.1) is 11.7 Å². The maximum Gasteiger partial charge on any atom is 0.262 e. The number of aryl methyl sites for hydroxylation is 2. The number of nitrogens with zero attached hydrogens (tertiary/aromatic N) is 3. The van der Waals surface area contributed by atoms with E-state index in [0.717, 1.165) is 47.6 Å². The highest BCUT2D eigenvalue weighted by Crippen LogP contribution is 2.25. The number of fused-ring (bicyclic) bond motifs is 1. The number of benzene rings is 1. The third-order valence-electron chi connectivity index (χ3n) is 5.80. The Hall–Kier alpha value is -2.47. The fourth-order valence-corrected chi connectivity index (χ4v) is 4.95. The van der Waals surface area contributed by atoms with Crippen LogP contribution in [0.2, 0.25) is 0 Å². The third kappa shape index (κ3) is 3.74. The molecule has 0 spiro atoms. The van der Waals surface area contributed by atoms with Gasteiger partial charge in [-0.2, -0.15) is 0 Å². The van der Waals surface area contributed by atoms with E-state index in [9.17, 15) is 9.59 Å². The highest BCUT2D eigenvalue weighted by molar-refractivity contribution is 7.18. The Kier molecular flexibility index (Phi) is 5.31. The first kappa shape index (κ1) is 18.9. The van der Waals surface area contributed by atoms with Gasteiger partial charge in [-0.1, -0.05) is 30.3 Å². The van der Waals surface area contributed by atoms with Gasteiger partial charge in [-0.3, -0.25) is 14.2 Å². The van der Waals surface area contributed by atoms with Crippen LogP contribution >= 0.6 is 11.3 Å². The van der Waals surface area contributed by atoms with Crippen LogP contribution < -0.4 is 5.56 Å². The van der Waals surface area contributed by atoms with Gasteiger partial charge in [0.25, 0.3) is 5.56 Å². The number of rotatable bonds is 4. The number of hydrogen-bond donors (Lipinski definition) is 0. The predicted octanol–water partition coefficient (Wildman–Crippen LogP) is 3.56. The average molecular weight is 396 g/mol. The molecule has 2 aromatic heterocycles. The van der Waals surface area contributed by atoms with E-state index in [1.165, 1.54) is 27.8 Å². The van der Waals surface area contributed by atoms with Crippen molar-refractivity contribution in [1.29, 1.82) is 0 Å². The molecule has 5 nitrogen and oxygen atoms in total. The number of amides is 1. The van der Waals surface area contributed by atoms with Gasteiger partial charge in [-0.25, -0.2) is 4.98 Å². The molecule has 146 valence electrons. The molecule has 0 aliphatic carbocycles. The summed E-state index contributed by atoms with van der Waals surface area (Å²) >= 11 is 1.53. The van der Waals surface area contributed by atoms with Gasteiger partial charge in [0, 0.05) is 18.0 Å². The van der Waals surface area contributed by atoms with E-state index in [2.05, 4.69) is 29.2 Å². The van der Waals surface area contributed by atoms with Crippen LogP contribution in [0.1, 0.15) is 28.8 Å². The molecular weight excluding hydrogens is 370 g/mol. The van der Waals surface area contributed by atoms with E-state index in [1.54, 1.807) is 0 Å². The molecular formula is C22H25N3O2S. The van der Waals surface area contributed by atoms with Crippen LogP contribution in [0.3, 0.4) is 0 Å². The first-order valence-corrected chi connectivity index (χ1v) is 10.6. The number of carbonyl (C=O) groups is 1. The molecule has 0 atom stereocenters. The predicted molar refractivity (Wildman–Crippen MR) is 113 cm³/mol. The zero-order valence-electron chi connectivity index (χ0n) is 16.4. The van der Waals surface area contributed by atoms with E-state index in [-0.39, 0.29) is 18.0 Å². The SMILES string of the molecule is Cc1sc2ncn(CC(=O)N3CCC(Cc4ccccc4)CC3)c(=O)c2c1C. The molecule has 1 saturated heterocycles. The summed E-state index contributed by atoms with van der Waals surface area (Å²) in [6.07, 6.45) is 4.60. The number of piperidine rings is 1. The second-order valence-corrected chi connectivity index (χ2v) is 8.86. The fourth-order valence-electron chi connectivity index (χ4n) is 3.96. The second kappa shape index (κ2) is 7.87.